The minimum atomic E-state index is -0.188. The topological polar surface area (TPSA) is 59.8 Å². The molecule has 7 heteroatoms. The van der Waals surface area contributed by atoms with Gasteiger partial charge in [0.05, 0.1) is 28.6 Å². The lowest BCUT2D eigenvalue weighted by atomic mass is 10.1. The predicted octanol–water partition coefficient (Wildman–Crippen LogP) is 5.58. The molecule has 2 aromatic carbocycles. The van der Waals surface area contributed by atoms with Crippen LogP contribution in [-0.4, -0.2) is 20.7 Å². The SMILES string of the molecule is Cc1nn(Cc2cccc(C(=O)Nc3nc(-c4ccccc4)cs3)c2)c(C)c1Cl. The van der Waals surface area contributed by atoms with Gasteiger partial charge in [0.15, 0.2) is 5.13 Å². The molecule has 5 nitrogen and oxygen atoms in total. The van der Waals surface area contributed by atoms with Crippen molar-refractivity contribution in [2.75, 3.05) is 5.32 Å². The van der Waals surface area contributed by atoms with E-state index in [-0.39, 0.29) is 5.91 Å². The number of nitrogens with one attached hydrogen (secondary N) is 1. The van der Waals surface area contributed by atoms with Crippen molar-refractivity contribution in [3.8, 4) is 11.3 Å². The second-order valence-corrected chi connectivity index (χ2v) is 7.94. The van der Waals surface area contributed by atoms with Gasteiger partial charge in [-0.3, -0.25) is 14.8 Å². The lowest BCUT2D eigenvalue weighted by Gasteiger charge is -2.07. The Labute approximate surface area is 178 Å². The molecule has 146 valence electrons. The molecule has 0 saturated carbocycles. The number of aryl methyl sites for hydroxylation is 1. The number of carbonyl (C=O) groups excluding carboxylic acids is 1. The maximum absolute atomic E-state index is 12.7. The number of thiazole rings is 1. The molecule has 0 aliphatic carbocycles. The molecule has 0 fully saturated rings. The molecule has 0 aliphatic rings. The Kier molecular flexibility index (Phi) is 5.47. The van der Waals surface area contributed by atoms with Gasteiger partial charge in [-0.05, 0) is 31.5 Å². The van der Waals surface area contributed by atoms with E-state index in [1.54, 1.807) is 6.07 Å². The summed E-state index contributed by atoms with van der Waals surface area (Å²) in [7, 11) is 0. The van der Waals surface area contributed by atoms with Crippen LogP contribution in [0.5, 0.6) is 0 Å². The van der Waals surface area contributed by atoms with Gasteiger partial charge in [-0.25, -0.2) is 4.98 Å². The number of hydrogen-bond acceptors (Lipinski definition) is 4. The van der Waals surface area contributed by atoms with Crippen molar-refractivity contribution >= 4 is 34.0 Å². The quantitative estimate of drug-likeness (QED) is 0.456. The van der Waals surface area contributed by atoms with Gasteiger partial charge in [0, 0.05) is 16.5 Å². The fourth-order valence-corrected chi connectivity index (χ4v) is 3.90. The lowest BCUT2D eigenvalue weighted by Crippen LogP contribution is -2.12. The zero-order valence-electron chi connectivity index (χ0n) is 16.0. The Morgan fingerprint density at radius 1 is 1.14 bits per heavy atom. The highest BCUT2D eigenvalue weighted by Gasteiger charge is 2.13. The Hall–Kier alpha value is -2.96. The number of halogens is 1. The van der Waals surface area contributed by atoms with Crippen molar-refractivity contribution in [1.82, 2.24) is 14.8 Å². The summed E-state index contributed by atoms with van der Waals surface area (Å²) >= 11 is 7.64. The standard InChI is InChI=1S/C22H19ClN4OS/c1-14-20(23)15(2)27(26-14)12-16-7-6-10-18(11-16)21(28)25-22-24-19(13-29-22)17-8-4-3-5-9-17/h3-11,13H,12H2,1-2H3,(H,24,25,28). The molecule has 1 N–H and O–H groups in total. The summed E-state index contributed by atoms with van der Waals surface area (Å²) < 4.78 is 1.85. The molecule has 0 radical (unpaired) electrons. The van der Waals surface area contributed by atoms with Crippen molar-refractivity contribution in [3.05, 3.63) is 87.5 Å². The number of amides is 1. The van der Waals surface area contributed by atoms with Gasteiger partial charge in [-0.15, -0.1) is 11.3 Å². The molecule has 4 aromatic rings. The summed E-state index contributed by atoms with van der Waals surface area (Å²) in [6.07, 6.45) is 0. The van der Waals surface area contributed by atoms with Crippen molar-refractivity contribution in [3.63, 3.8) is 0 Å². The molecule has 0 atom stereocenters. The first-order chi connectivity index (χ1) is 14.0. The van der Waals surface area contributed by atoms with Crippen LogP contribution in [0.15, 0.2) is 60.0 Å². The van der Waals surface area contributed by atoms with Crippen LogP contribution in [-0.2, 0) is 6.54 Å². The molecule has 0 spiro atoms. The third kappa shape index (κ3) is 4.23. The van der Waals surface area contributed by atoms with E-state index in [0.29, 0.717) is 22.3 Å². The molecule has 1 amide bonds. The zero-order valence-corrected chi connectivity index (χ0v) is 17.6. The smallest absolute Gasteiger partial charge is 0.257 e. The van der Waals surface area contributed by atoms with Gasteiger partial charge in [-0.1, -0.05) is 54.1 Å². The van der Waals surface area contributed by atoms with E-state index in [1.165, 1.54) is 11.3 Å². The second-order valence-electron chi connectivity index (χ2n) is 6.70. The molecule has 2 aromatic heterocycles. The largest absolute Gasteiger partial charge is 0.298 e. The molecular formula is C22H19ClN4OS. The van der Waals surface area contributed by atoms with E-state index in [4.69, 9.17) is 11.6 Å². The molecule has 0 aliphatic heterocycles. The minimum absolute atomic E-state index is 0.188. The Bertz CT molecular complexity index is 1170. The molecule has 0 unspecified atom stereocenters. The van der Waals surface area contributed by atoms with Gasteiger partial charge < -0.3 is 0 Å². The maximum atomic E-state index is 12.7. The highest BCUT2D eigenvalue weighted by atomic mass is 35.5. The monoisotopic (exact) mass is 422 g/mol. The average Bonchev–Trinajstić information content (AvgIpc) is 3.29. The van der Waals surface area contributed by atoms with Crippen LogP contribution in [0.1, 0.15) is 27.3 Å². The number of aromatic nitrogens is 3. The minimum Gasteiger partial charge on any atom is -0.298 e. The first kappa shape index (κ1) is 19.4. The van der Waals surface area contributed by atoms with Crippen LogP contribution in [0.25, 0.3) is 11.3 Å². The van der Waals surface area contributed by atoms with Gasteiger partial charge >= 0.3 is 0 Å². The molecular weight excluding hydrogens is 404 g/mol. The molecule has 2 heterocycles. The number of carbonyl (C=O) groups is 1. The maximum Gasteiger partial charge on any atom is 0.257 e. The van der Waals surface area contributed by atoms with Crippen LogP contribution in [0.2, 0.25) is 5.02 Å². The zero-order chi connectivity index (χ0) is 20.4. The number of benzene rings is 2. The van der Waals surface area contributed by atoms with Gasteiger partial charge in [0.1, 0.15) is 0 Å². The van der Waals surface area contributed by atoms with Crippen molar-refractivity contribution in [1.29, 1.82) is 0 Å². The second kappa shape index (κ2) is 8.19. The summed E-state index contributed by atoms with van der Waals surface area (Å²) in [6.45, 7) is 4.37. The summed E-state index contributed by atoms with van der Waals surface area (Å²) in [5.74, 6) is -0.188. The first-order valence-corrected chi connectivity index (χ1v) is 10.4. The highest BCUT2D eigenvalue weighted by Crippen LogP contribution is 2.25. The summed E-state index contributed by atoms with van der Waals surface area (Å²) in [6, 6.07) is 17.4. The lowest BCUT2D eigenvalue weighted by molar-refractivity contribution is 0.102. The average molecular weight is 423 g/mol. The first-order valence-electron chi connectivity index (χ1n) is 9.12. The molecule has 0 bridgehead atoms. The van der Waals surface area contributed by atoms with E-state index < -0.39 is 0 Å². The summed E-state index contributed by atoms with van der Waals surface area (Å²) in [5, 5.41) is 10.5. The van der Waals surface area contributed by atoms with Crippen LogP contribution < -0.4 is 5.32 Å². The Morgan fingerprint density at radius 3 is 2.66 bits per heavy atom. The van der Waals surface area contributed by atoms with Crippen LogP contribution in [0.3, 0.4) is 0 Å². The highest BCUT2D eigenvalue weighted by molar-refractivity contribution is 7.14. The molecule has 4 rings (SSSR count). The number of anilines is 1. The number of hydrogen-bond donors (Lipinski definition) is 1. The normalized spacial score (nSPS) is 10.9. The van der Waals surface area contributed by atoms with Crippen LogP contribution in [0.4, 0.5) is 5.13 Å². The van der Waals surface area contributed by atoms with E-state index in [1.807, 2.05) is 72.4 Å². The fraction of sp³-hybridized carbons (Fsp3) is 0.136. The molecule has 0 saturated heterocycles. The van der Waals surface area contributed by atoms with Gasteiger partial charge in [-0.2, -0.15) is 5.10 Å². The van der Waals surface area contributed by atoms with Crippen molar-refractivity contribution < 1.29 is 4.79 Å². The Balaban J connectivity index is 1.49. The summed E-state index contributed by atoms with van der Waals surface area (Å²) in [4.78, 5) is 17.2. The molecule has 29 heavy (non-hydrogen) atoms. The van der Waals surface area contributed by atoms with Gasteiger partial charge in [0.2, 0.25) is 0 Å². The fourth-order valence-electron chi connectivity index (χ4n) is 3.05. The van der Waals surface area contributed by atoms with Crippen molar-refractivity contribution in [2.24, 2.45) is 0 Å². The predicted molar refractivity (Wildman–Crippen MR) is 118 cm³/mol. The number of nitrogens with zero attached hydrogens (tertiary/aromatic N) is 3. The van der Waals surface area contributed by atoms with E-state index in [9.17, 15) is 4.79 Å². The third-order valence-electron chi connectivity index (χ3n) is 4.61. The van der Waals surface area contributed by atoms with E-state index in [2.05, 4.69) is 15.4 Å². The van der Waals surface area contributed by atoms with E-state index >= 15 is 0 Å². The van der Waals surface area contributed by atoms with Crippen LogP contribution in [0, 0.1) is 13.8 Å². The number of rotatable bonds is 5. The Morgan fingerprint density at radius 2 is 1.93 bits per heavy atom. The van der Waals surface area contributed by atoms with Crippen LogP contribution >= 0.6 is 22.9 Å². The van der Waals surface area contributed by atoms with E-state index in [0.717, 1.165) is 28.2 Å². The van der Waals surface area contributed by atoms with Gasteiger partial charge in [0.25, 0.3) is 5.91 Å². The van der Waals surface area contributed by atoms with Crippen molar-refractivity contribution in [2.45, 2.75) is 20.4 Å². The summed E-state index contributed by atoms with van der Waals surface area (Å²) in [5.41, 5.74) is 5.14. The third-order valence-corrected chi connectivity index (χ3v) is 5.91.